The van der Waals surface area contributed by atoms with Gasteiger partial charge in [-0.15, -0.1) is 0 Å². The molecule has 0 aromatic rings. The molecule has 0 aromatic heterocycles. The van der Waals surface area contributed by atoms with Gasteiger partial charge in [0, 0.05) is 69.8 Å². The minimum Gasteiger partial charge on any atom is -0.383 e. The zero-order valence-corrected chi connectivity index (χ0v) is 13.5. The first-order chi connectivity index (χ1) is 9.70. The fraction of sp³-hybridized carbons (Fsp3) is 0.929. The first-order valence-corrected chi connectivity index (χ1v) is 8.68. The third kappa shape index (κ3) is 4.62. The van der Waals surface area contributed by atoms with Gasteiger partial charge in [0.1, 0.15) is 0 Å². The summed E-state index contributed by atoms with van der Waals surface area (Å²) in [4.78, 5) is 16.8. The maximum absolute atomic E-state index is 12.4. The smallest absolute Gasteiger partial charge is 0.224 e. The Hall–Kier alpha value is -0.300. The van der Waals surface area contributed by atoms with Crippen molar-refractivity contribution in [3.05, 3.63) is 0 Å². The molecule has 116 valence electrons. The molecule has 2 unspecified atom stereocenters. The molecule has 20 heavy (non-hydrogen) atoms. The summed E-state index contributed by atoms with van der Waals surface area (Å²) in [6.07, 6.45) is 0.651. The predicted molar refractivity (Wildman–Crippen MR) is 83.2 cm³/mol. The van der Waals surface area contributed by atoms with Crippen molar-refractivity contribution in [2.75, 3.05) is 57.9 Å². The zero-order valence-electron chi connectivity index (χ0n) is 12.6. The number of methoxy groups -OCH3 is 1. The van der Waals surface area contributed by atoms with Crippen molar-refractivity contribution in [3.63, 3.8) is 0 Å². The van der Waals surface area contributed by atoms with Crippen LogP contribution >= 0.6 is 11.8 Å². The highest BCUT2D eigenvalue weighted by atomic mass is 32.2. The lowest BCUT2D eigenvalue weighted by Crippen LogP contribution is -2.55. The van der Waals surface area contributed by atoms with E-state index < -0.39 is 0 Å². The molecule has 2 fully saturated rings. The molecular formula is C14H27N3O2S. The molecule has 1 amide bonds. The van der Waals surface area contributed by atoms with Crippen molar-refractivity contribution >= 4 is 17.7 Å². The van der Waals surface area contributed by atoms with E-state index in [9.17, 15) is 4.79 Å². The van der Waals surface area contributed by atoms with Crippen LogP contribution in [0.3, 0.4) is 0 Å². The first kappa shape index (κ1) is 16.1. The van der Waals surface area contributed by atoms with E-state index in [1.54, 1.807) is 7.11 Å². The Morgan fingerprint density at radius 2 is 2.30 bits per heavy atom. The van der Waals surface area contributed by atoms with Gasteiger partial charge >= 0.3 is 0 Å². The molecule has 2 heterocycles. The molecule has 1 N–H and O–H groups in total. The van der Waals surface area contributed by atoms with Crippen molar-refractivity contribution in [3.8, 4) is 0 Å². The first-order valence-electron chi connectivity index (χ1n) is 7.52. The van der Waals surface area contributed by atoms with Gasteiger partial charge in [0.25, 0.3) is 0 Å². The lowest BCUT2D eigenvalue weighted by Gasteiger charge is -2.40. The summed E-state index contributed by atoms with van der Waals surface area (Å²) in [5.74, 6) is 2.54. The number of thioether (sulfide) groups is 1. The van der Waals surface area contributed by atoms with Crippen molar-refractivity contribution in [2.45, 2.75) is 25.4 Å². The monoisotopic (exact) mass is 301 g/mol. The fourth-order valence-electron chi connectivity index (χ4n) is 2.85. The van der Waals surface area contributed by atoms with Crippen LogP contribution in [-0.2, 0) is 9.53 Å². The third-order valence-corrected chi connectivity index (χ3v) is 5.25. The standard InChI is InChI=1S/C14H27N3O2S/c1-12-10-17(5-4-16(12)6-7-19-2)14(18)9-13-11-20-8-3-15-13/h12-13,15H,3-11H2,1-2H3. The highest BCUT2D eigenvalue weighted by Gasteiger charge is 2.28. The van der Waals surface area contributed by atoms with Crippen LogP contribution in [0.25, 0.3) is 0 Å². The van der Waals surface area contributed by atoms with Gasteiger partial charge in [0.05, 0.1) is 6.61 Å². The number of hydrogen-bond donors (Lipinski definition) is 1. The molecule has 0 aliphatic carbocycles. The van der Waals surface area contributed by atoms with Crippen LogP contribution in [0, 0.1) is 0 Å². The Morgan fingerprint density at radius 1 is 1.45 bits per heavy atom. The summed E-state index contributed by atoms with van der Waals surface area (Å²) >= 11 is 1.95. The number of piperazine rings is 1. The minimum atomic E-state index is 0.309. The van der Waals surface area contributed by atoms with E-state index in [4.69, 9.17) is 4.74 Å². The Labute approximate surface area is 126 Å². The Bertz CT molecular complexity index is 311. The fourth-order valence-corrected chi connectivity index (χ4v) is 3.80. The Morgan fingerprint density at radius 3 is 2.95 bits per heavy atom. The number of carbonyl (C=O) groups is 1. The van der Waals surface area contributed by atoms with Gasteiger partial charge in [-0.25, -0.2) is 0 Å². The van der Waals surface area contributed by atoms with Crippen LogP contribution in [-0.4, -0.2) is 85.7 Å². The Balaban J connectivity index is 1.74. The number of amides is 1. The zero-order chi connectivity index (χ0) is 14.4. The van der Waals surface area contributed by atoms with E-state index in [2.05, 4.69) is 17.1 Å². The van der Waals surface area contributed by atoms with Gasteiger partial charge in [-0.3, -0.25) is 9.69 Å². The van der Waals surface area contributed by atoms with E-state index in [1.807, 2.05) is 16.7 Å². The topological polar surface area (TPSA) is 44.8 Å². The van der Waals surface area contributed by atoms with E-state index in [0.717, 1.165) is 45.1 Å². The molecule has 2 atom stereocenters. The lowest BCUT2D eigenvalue weighted by atomic mass is 10.1. The molecule has 2 aliphatic rings. The molecule has 6 heteroatoms. The van der Waals surface area contributed by atoms with Gasteiger partial charge in [-0.05, 0) is 6.92 Å². The maximum Gasteiger partial charge on any atom is 0.224 e. The van der Waals surface area contributed by atoms with Gasteiger partial charge in [-0.2, -0.15) is 11.8 Å². The third-order valence-electron chi connectivity index (χ3n) is 4.12. The van der Waals surface area contributed by atoms with Crippen LogP contribution < -0.4 is 5.32 Å². The number of hydrogen-bond acceptors (Lipinski definition) is 5. The molecular weight excluding hydrogens is 274 g/mol. The highest BCUT2D eigenvalue weighted by molar-refractivity contribution is 7.99. The van der Waals surface area contributed by atoms with Crippen LogP contribution in [0.15, 0.2) is 0 Å². The molecule has 2 saturated heterocycles. The molecule has 0 aromatic carbocycles. The molecule has 5 nitrogen and oxygen atoms in total. The number of rotatable bonds is 5. The largest absolute Gasteiger partial charge is 0.383 e. The maximum atomic E-state index is 12.4. The van der Waals surface area contributed by atoms with Crippen molar-refractivity contribution in [1.29, 1.82) is 0 Å². The minimum absolute atomic E-state index is 0.309. The molecule has 0 spiro atoms. The van der Waals surface area contributed by atoms with Crippen molar-refractivity contribution < 1.29 is 9.53 Å². The SMILES string of the molecule is COCCN1CCN(C(=O)CC2CSCCN2)CC1C. The number of carbonyl (C=O) groups excluding carboxylic acids is 1. The molecule has 0 saturated carbocycles. The van der Waals surface area contributed by atoms with Gasteiger partial charge in [0.2, 0.25) is 5.91 Å². The second-order valence-corrected chi connectivity index (χ2v) is 6.80. The second kappa shape index (κ2) is 8.22. The number of nitrogens with one attached hydrogen (secondary N) is 1. The summed E-state index contributed by atoms with van der Waals surface area (Å²) in [6.45, 7) is 7.62. The van der Waals surface area contributed by atoms with Crippen LogP contribution in [0.2, 0.25) is 0 Å². The van der Waals surface area contributed by atoms with Gasteiger partial charge in [-0.1, -0.05) is 0 Å². The van der Waals surface area contributed by atoms with Gasteiger partial charge < -0.3 is 15.0 Å². The van der Waals surface area contributed by atoms with Crippen molar-refractivity contribution in [1.82, 2.24) is 15.1 Å². The highest BCUT2D eigenvalue weighted by Crippen LogP contribution is 2.14. The van der Waals surface area contributed by atoms with E-state index >= 15 is 0 Å². The normalized spacial score (nSPS) is 28.6. The average Bonchev–Trinajstić information content (AvgIpc) is 2.47. The molecule has 0 bridgehead atoms. The molecule has 2 aliphatic heterocycles. The summed E-state index contributed by atoms with van der Waals surface area (Å²) in [6, 6.07) is 0.791. The average molecular weight is 301 g/mol. The van der Waals surface area contributed by atoms with Crippen LogP contribution in [0.1, 0.15) is 13.3 Å². The predicted octanol–water partition coefficient (Wildman–Crippen LogP) is 0.261. The van der Waals surface area contributed by atoms with E-state index in [0.29, 0.717) is 24.4 Å². The molecule has 0 radical (unpaired) electrons. The number of ether oxygens (including phenoxy) is 1. The van der Waals surface area contributed by atoms with E-state index in [-0.39, 0.29) is 0 Å². The Kier molecular flexibility index (Phi) is 6.61. The van der Waals surface area contributed by atoms with E-state index in [1.165, 1.54) is 5.75 Å². The van der Waals surface area contributed by atoms with Crippen molar-refractivity contribution in [2.24, 2.45) is 0 Å². The summed E-state index contributed by atoms with van der Waals surface area (Å²) in [7, 11) is 1.74. The van der Waals surface area contributed by atoms with Gasteiger partial charge in [0.15, 0.2) is 0 Å². The second-order valence-electron chi connectivity index (χ2n) is 5.65. The lowest BCUT2D eigenvalue weighted by molar-refractivity contribution is -0.134. The quantitative estimate of drug-likeness (QED) is 0.789. The molecule has 2 rings (SSSR count). The number of nitrogens with zero attached hydrogens (tertiary/aromatic N) is 2. The summed E-state index contributed by atoms with van der Waals surface area (Å²) in [5.41, 5.74) is 0. The van der Waals surface area contributed by atoms with Crippen LogP contribution in [0.4, 0.5) is 0 Å². The summed E-state index contributed by atoms with van der Waals surface area (Å²) < 4.78 is 5.13. The summed E-state index contributed by atoms with van der Waals surface area (Å²) in [5, 5.41) is 3.44. The van der Waals surface area contributed by atoms with Crippen LogP contribution in [0.5, 0.6) is 0 Å².